The lowest BCUT2D eigenvalue weighted by atomic mass is 9.85. The number of carbonyl (C=O) groups excluding carboxylic acids is 2. The van der Waals surface area contributed by atoms with Gasteiger partial charge in [-0.25, -0.2) is 0 Å². The number of aromatic nitrogens is 2. The van der Waals surface area contributed by atoms with Crippen LogP contribution in [-0.2, 0) is 16.0 Å². The summed E-state index contributed by atoms with van der Waals surface area (Å²) >= 11 is 5.87. The molecule has 0 saturated carbocycles. The Morgan fingerprint density at radius 1 is 1.08 bits per heavy atom. The molecule has 0 radical (unpaired) electrons. The van der Waals surface area contributed by atoms with Crippen molar-refractivity contribution in [3.8, 4) is 11.4 Å². The Balaban J connectivity index is 1.43. The minimum absolute atomic E-state index is 0.0863. The van der Waals surface area contributed by atoms with Crippen molar-refractivity contribution in [3.05, 3.63) is 47.3 Å². The van der Waals surface area contributed by atoms with Gasteiger partial charge in [0.2, 0.25) is 23.5 Å². The summed E-state index contributed by atoms with van der Waals surface area (Å²) in [5, 5.41) is 4.58. The van der Waals surface area contributed by atoms with E-state index < -0.39 is 0 Å². The summed E-state index contributed by atoms with van der Waals surface area (Å²) in [4.78, 5) is 30.5. The first-order chi connectivity index (χ1) is 12.1. The number of rotatable bonds is 4. The first-order valence-electron chi connectivity index (χ1n) is 8.22. The smallest absolute Gasteiger partial charge is 0.233 e. The maximum atomic E-state index is 12.4. The third-order valence-corrected chi connectivity index (χ3v) is 4.97. The van der Waals surface area contributed by atoms with E-state index in [0.717, 1.165) is 5.56 Å². The van der Waals surface area contributed by atoms with Crippen molar-refractivity contribution in [2.45, 2.75) is 19.3 Å². The van der Waals surface area contributed by atoms with Crippen LogP contribution in [0.2, 0.25) is 5.02 Å². The molecule has 128 valence electrons. The molecule has 0 N–H and O–H groups in total. The van der Waals surface area contributed by atoms with E-state index in [1.54, 1.807) is 12.1 Å². The van der Waals surface area contributed by atoms with Crippen molar-refractivity contribution in [2.75, 3.05) is 6.54 Å². The number of halogens is 1. The number of hydrogen-bond acceptors (Lipinski definition) is 5. The molecule has 1 aliphatic carbocycles. The van der Waals surface area contributed by atoms with Crippen LogP contribution in [0.3, 0.4) is 0 Å². The topological polar surface area (TPSA) is 76.3 Å². The van der Waals surface area contributed by atoms with Gasteiger partial charge in [-0.2, -0.15) is 4.98 Å². The molecule has 7 heteroatoms. The van der Waals surface area contributed by atoms with Crippen molar-refractivity contribution in [2.24, 2.45) is 11.8 Å². The first-order valence-corrected chi connectivity index (χ1v) is 8.60. The van der Waals surface area contributed by atoms with Crippen LogP contribution in [0, 0.1) is 11.8 Å². The van der Waals surface area contributed by atoms with Gasteiger partial charge in [-0.1, -0.05) is 28.9 Å². The average Bonchev–Trinajstić information content (AvgIpc) is 3.19. The van der Waals surface area contributed by atoms with Crippen LogP contribution in [0.1, 0.15) is 18.7 Å². The Hall–Kier alpha value is -2.47. The van der Waals surface area contributed by atoms with Gasteiger partial charge in [0.15, 0.2) is 0 Å². The molecule has 6 nitrogen and oxygen atoms in total. The fourth-order valence-electron chi connectivity index (χ4n) is 3.37. The average molecular weight is 358 g/mol. The number of amides is 2. The zero-order chi connectivity index (χ0) is 17.4. The quantitative estimate of drug-likeness (QED) is 0.621. The van der Waals surface area contributed by atoms with E-state index in [9.17, 15) is 9.59 Å². The highest BCUT2D eigenvalue weighted by atomic mass is 35.5. The van der Waals surface area contributed by atoms with Gasteiger partial charge in [-0.3, -0.25) is 14.5 Å². The van der Waals surface area contributed by atoms with Crippen LogP contribution in [0.25, 0.3) is 11.4 Å². The van der Waals surface area contributed by atoms with Gasteiger partial charge in [0.1, 0.15) is 0 Å². The molecule has 4 rings (SSSR count). The summed E-state index contributed by atoms with van der Waals surface area (Å²) in [5.41, 5.74) is 0.796. The third kappa shape index (κ3) is 2.98. The number of imide groups is 1. The predicted molar refractivity (Wildman–Crippen MR) is 90.5 cm³/mol. The minimum atomic E-state index is -0.204. The van der Waals surface area contributed by atoms with Crippen LogP contribution in [-0.4, -0.2) is 33.4 Å². The van der Waals surface area contributed by atoms with Crippen LogP contribution in [0.4, 0.5) is 0 Å². The molecule has 0 spiro atoms. The molecule has 25 heavy (non-hydrogen) atoms. The van der Waals surface area contributed by atoms with E-state index in [1.807, 2.05) is 24.3 Å². The van der Waals surface area contributed by atoms with Crippen molar-refractivity contribution < 1.29 is 14.1 Å². The minimum Gasteiger partial charge on any atom is -0.339 e. The van der Waals surface area contributed by atoms with Gasteiger partial charge in [0.25, 0.3) is 0 Å². The van der Waals surface area contributed by atoms with Crippen molar-refractivity contribution in [3.63, 3.8) is 0 Å². The third-order valence-electron chi connectivity index (χ3n) is 4.72. The second-order valence-corrected chi connectivity index (χ2v) is 6.69. The summed E-state index contributed by atoms with van der Waals surface area (Å²) in [6, 6.07) is 7.12. The van der Waals surface area contributed by atoms with Gasteiger partial charge < -0.3 is 4.52 Å². The number of fused-ring (bicyclic) bond motifs is 1. The first kappa shape index (κ1) is 16.0. The Morgan fingerprint density at radius 2 is 1.72 bits per heavy atom. The van der Waals surface area contributed by atoms with Gasteiger partial charge in [-0.05, 0) is 37.1 Å². The zero-order valence-electron chi connectivity index (χ0n) is 13.4. The standard InChI is InChI=1S/C18H16ClN3O3/c19-12-7-5-11(6-8-12)16-20-15(25-21-16)9-10-22-17(23)13-3-1-2-4-14(13)18(22)24/h1-2,5-8,13-14H,3-4,9-10H2/t13-,14-/m1/s1. The number of hydrogen-bond donors (Lipinski definition) is 0. The van der Waals surface area contributed by atoms with Gasteiger partial charge in [0.05, 0.1) is 11.8 Å². The molecule has 2 aromatic rings. The molecule has 2 atom stereocenters. The molecule has 1 aromatic carbocycles. The maximum absolute atomic E-state index is 12.4. The lowest BCUT2D eigenvalue weighted by Crippen LogP contribution is -2.33. The molecule has 0 bridgehead atoms. The number of carbonyl (C=O) groups is 2. The molecule has 1 fully saturated rings. The summed E-state index contributed by atoms with van der Waals surface area (Å²) in [7, 11) is 0. The zero-order valence-corrected chi connectivity index (χ0v) is 14.1. The van der Waals surface area contributed by atoms with E-state index in [-0.39, 0.29) is 30.2 Å². The second kappa shape index (κ2) is 6.44. The molecule has 2 aliphatic rings. The SMILES string of the molecule is O=C1[C@@H]2CC=CC[C@H]2C(=O)N1CCc1nc(-c2ccc(Cl)cc2)no1. The fraction of sp³-hybridized carbons (Fsp3) is 0.333. The molecular weight excluding hydrogens is 342 g/mol. The van der Waals surface area contributed by atoms with E-state index in [0.29, 0.717) is 36.0 Å². The number of likely N-dealkylation sites (tertiary alicyclic amines) is 1. The second-order valence-electron chi connectivity index (χ2n) is 6.25. The largest absolute Gasteiger partial charge is 0.339 e. The molecule has 0 unspecified atom stereocenters. The fourth-order valence-corrected chi connectivity index (χ4v) is 3.50. The van der Waals surface area contributed by atoms with Crippen molar-refractivity contribution >= 4 is 23.4 Å². The molecule has 1 saturated heterocycles. The van der Waals surface area contributed by atoms with Gasteiger partial charge in [0, 0.05) is 23.6 Å². The highest BCUT2D eigenvalue weighted by Gasteiger charge is 2.46. The van der Waals surface area contributed by atoms with Crippen LogP contribution < -0.4 is 0 Å². The van der Waals surface area contributed by atoms with E-state index in [2.05, 4.69) is 10.1 Å². The molecule has 2 amide bonds. The highest BCUT2D eigenvalue weighted by Crippen LogP contribution is 2.35. The molecular formula is C18H16ClN3O3. The highest BCUT2D eigenvalue weighted by molar-refractivity contribution is 6.30. The van der Waals surface area contributed by atoms with Crippen LogP contribution in [0.5, 0.6) is 0 Å². The van der Waals surface area contributed by atoms with Crippen LogP contribution >= 0.6 is 11.6 Å². The molecule has 1 aromatic heterocycles. The monoisotopic (exact) mass is 357 g/mol. The lowest BCUT2D eigenvalue weighted by Gasteiger charge is -2.14. The number of nitrogens with zero attached hydrogens (tertiary/aromatic N) is 3. The Labute approximate surface area is 149 Å². The number of benzene rings is 1. The van der Waals surface area contributed by atoms with E-state index in [1.165, 1.54) is 4.90 Å². The summed E-state index contributed by atoms with van der Waals surface area (Å²) in [6.07, 6.45) is 5.60. The number of allylic oxidation sites excluding steroid dienone is 2. The summed E-state index contributed by atoms with van der Waals surface area (Å²) in [5.74, 6) is 0.283. The van der Waals surface area contributed by atoms with Crippen molar-refractivity contribution in [1.82, 2.24) is 15.0 Å². The normalized spacial score (nSPS) is 22.5. The van der Waals surface area contributed by atoms with E-state index >= 15 is 0 Å². The summed E-state index contributed by atoms with van der Waals surface area (Å²) in [6.45, 7) is 0.271. The Bertz CT molecular complexity index is 818. The van der Waals surface area contributed by atoms with Crippen LogP contribution in [0.15, 0.2) is 40.9 Å². The molecule has 2 heterocycles. The predicted octanol–water partition coefficient (Wildman–Crippen LogP) is 2.88. The maximum Gasteiger partial charge on any atom is 0.233 e. The van der Waals surface area contributed by atoms with Gasteiger partial charge in [-0.15, -0.1) is 0 Å². The van der Waals surface area contributed by atoms with E-state index in [4.69, 9.17) is 16.1 Å². The Morgan fingerprint density at radius 3 is 2.36 bits per heavy atom. The Kier molecular flexibility index (Phi) is 4.13. The molecule has 1 aliphatic heterocycles. The lowest BCUT2D eigenvalue weighted by molar-refractivity contribution is -0.139. The van der Waals surface area contributed by atoms with Crippen molar-refractivity contribution in [1.29, 1.82) is 0 Å². The summed E-state index contributed by atoms with van der Waals surface area (Å²) < 4.78 is 5.24. The van der Waals surface area contributed by atoms with Gasteiger partial charge >= 0.3 is 0 Å².